The highest BCUT2D eigenvalue weighted by atomic mass is 32.1. The van der Waals surface area contributed by atoms with E-state index in [0.29, 0.717) is 0 Å². The highest BCUT2D eigenvalue weighted by molar-refractivity contribution is 7.13. The van der Waals surface area contributed by atoms with E-state index in [1.54, 1.807) is 0 Å². The van der Waals surface area contributed by atoms with Crippen LogP contribution in [0.25, 0.3) is 16.8 Å². The Kier molecular flexibility index (Phi) is 6.81. The Morgan fingerprint density at radius 2 is 1.86 bits per heavy atom. The van der Waals surface area contributed by atoms with E-state index >= 15 is 0 Å². The fourth-order valence-corrected chi connectivity index (χ4v) is 3.62. The third-order valence-corrected chi connectivity index (χ3v) is 4.88. The van der Waals surface area contributed by atoms with Gasteiger partial charge in [-0.25, -0.2) is 0 Å². The van der Waals surface area contributed by atoms with E-state index in [2.05, 4.69) is 47.8 Å². The first kappa shape index (κ1) is 16.1. The number of nitrogens with zero attached hydrogens (tertiary/aromatic N) is 1. The summed E-state index contributed by atoms with van der Waals surface area (Å²) in [6.45, 7) is 6.19. The first-order chi connectivity index (χ1) is 10.4. The average Bonchev–Trinajstić information content (AvgIpc) is 3.14. The van der Waals surface area contributed by atoms with Crippen LogP contribution in [0.4, 0.5) is 0 Å². The Bertz CT molecular complexity index is 522. The lowest BCUT2D eigenvalue weighted by Gasteiger charge is -2.06. The SMILES string of the molecule is C=Cn1ccc(CCCCCCCCC)c1-c1cccs1. The van der Waals surface area contributed by atoms with Crippen molar-refractivity contribution < 1.29 is 0 Å². The highest BCUT2D eigenvalue weighted by Crippen LogP contribution is 2.30. The molecule has 2 heterocycles. The van der Waals surface area contributed by atoms with Gasteiger partial charge in [0.2, 0.25) is 0 Å². The van der Waals surface area contributed by atoms with Crippen LogP contribution in [0.15, 0.2) is 36.4 Å². The molecule has 21 heavy (non-hydrogen) atoms. The lowest BCUT2D eigenvalue weighted by atomic mass is 10.0. The maximum Gasteiger partial charge on any atom is 0.0654 e. The van der Waals surface area contributed by atoms with Gasteiger partial charge in [-0.1, -0.05) is 58.1 Å². The molecule has 0 amide bonds. The van der Waals surface area contributed by atoms with Gasteiger partial charge in [0.15, 0.2) is 0 Å². The molecule has 0 spiro atoms. The molecule has 2 heteroatoms. The van der Waals surface area contributed by atoms with Gasteiger partial charge in [0.05, 0.1) is 10.6 Å². The minimum atomic E-state index is 1.18. The topological polar surface area (TPSA) is 4.93 Å². The van der Waals surface area contributed by atoms with E-state index in [0.717, 1.165) is 0 Å². The van der Waals surface area contributed by atoms with Gasteiger partial charge in [0, 0.05) is 12.4 Å². The molecule has 0 N–H and O–H groups in total. The minimum absolute atomic E-state index is 1.18. The van der Waals surface area contributed by atoms with E-state index in [1.165, 1.54) is 67.5 Å². The second-order valence-corrected chi connectivity index (χ2v) is 6.58. The van der Waals surface area contributed by atoms with Crippen LogP contribution in [0.3, 0.4) is 0 Å². The standard InChI is InChI=1S/C19H27NS/c1-3-5-6-7-8-9-10-12-17-14-15-20(4-2)19(17)18-13-11-16-21-18/h4,11,13-16H,2-3,5-10,12H2,1H3. The van der Waals surface area contributed by atoms with Crippen molar-refractivity contribution in [3.63, 3.8) is 0 Å². The maximum atomic E-state index is 3.92. The average molecular weight is 301 g/mol. The molecule has 0 fully saturated rings. The van der Waals surface area contributed by atoms with Gasteiger partial charge < -0.3 is 4.57 Å². The van der Waals surface area contributed by atoms with Crippen molar-refractivity contribution in [1.29, 1.82) is 0 Å². The van der Waals surface area contributed by atoms with Crippen LogP contribution in [0.5, 0.6) is 0 Å². The molecule has 0 saturated heterocycles. The summed E-state index contributed by atoms with van der Waals surface area (Å²) in [5, 5.41) is 2.15. The van der Waals surface area contributed by atoms with E-state index in [-0.39, 0.29) is 0 Å². The summed E-state index contributed by atoms with van der Waals surface area (Å²) in [5.41, 5.74) is 2.80. The molecule has 2 aromatic heterocycles. The number of aromatic nitrogens is 1. The summed E-state index contributed by atoms with van der Waals surface area (Å²) in [6, 6.07) is 6.58. The number of aryl methyl sites for hydroxylation is 1. The molecule has 0 unspecified atom stereocenters. The quantitative estimate of drug-likeness (QED) is 0.435. The van der Waals surface area contributed by atoms with Gasteiger partial charge in [-0.2, -0.15) is 0 Å². The molecule has 114 valence electrons. The summed E-state index contributed by atoms with van der Waals surface area (Å²) < 4.78 is 2.16. The van der Waals surface area contributed by atoms with Gasteiger partial charge in [0.25, 0.3) is 0 Å². The zero-order valence-corrected chi connectivity index (χ0v) is 14.0. The zero-order chi connectivity index (χ0) is 14.9. The summed E-state index contributed by atoms with van der Waals surface area (Å²) in [4.78, 5) is 1.35. The van der Waals surface area contributed by atoms with Gasteiger partial charge >= 0.3 is 0 Å². The van der Waals surface area contributed by atoms with Gasteiger partial charge in [-0.15, -0.1) is 11.3 Å². The van der Waals surface area contributed by atoms with Gasteiger partial charge in [-0.3, -0.25) is 0 Å². The van der Waals surface area contributed by atoms with Crippen LogP contribution in [0, 0.1) is 0 Å². The van der Waals surface area contributed by atoms with Crippen molar-refractivity contribution in [2.24, 2.45) is 0 Å². The lowest BCUT2D eigenvalue weighted by molar-refractivity contribution is 0.589. The van der Waals surface area contributed by atoms with Crippen molar-refractivity contribution in [2.45, 2.75) is 58.3 Å². The van der Waals surface area contributed by atoms with Crippen LogP contribution >= 0.6 is 11.3 Å². The number of rotatable bonds is 10. The van der Waals surface area contributed by atoms with Gasteiger partial charge in [0.1, 0.15) is 0 Å². The highest BCUT2D eigenvalue weighted by Gasteiger charge is 2.10. The first-order valence-electron chi connectivity index (χ1n) is 8.23. The van der Waals surface area contributed by atoms with Crippen molar-refractivity contribution in [3.8, 4) is 10.6 Å². The smallest absolute Gasteiger partial charge is 0.0654 e. The Morgan fingerprint density at radius 3 is 2.52 bits per heavy atom. The van der Waals surface area contributed by atoms with Crippen LogP contribution < -0.4 is 0 Å². The van der Waals surface area contributed by atoms with Gasteiger partial charge in [-0.05, 0) is 35.9 Å². The number of unbranched alkanes of at least 4 members (excludes halogenated alkanes) is 6. The largest absolute Gasteiger partial charge is 0.323 e. The molecule has 1 nitrogen and oxygen atoms in total. The minimum Gasteiger partial charge on any atom is -0.323 e. The van der Waals surface area contributed by atoms with Crippen molar-refractivity contribution in [2.75, 3.05) is 0 Å². The van der Waals surface area contributed by atoms with Crippen molar-refractivity contribution in [3.05, 3.63) is 41.9 Å². The summed E-state index contributed by atoms with van der Waals surface area (Å²) in [5.74, 6) is 0. The lowest BCUT2D eigenvalue weighted by Crippen LogP contribution is -1.91. The van der Waals surface area contributed by atoms with Crippen LogP contribution in [0.1, 0.15) is 57.4 Å². The Balaban J connectivity index is 1.86. The van der Waals surface area contributed by atoms with E-state index in [4.69, 9.17) is 0 Å². The zero-order valence-electron chi connectivity index (χ0n) is 13.2. The third kappa shape index (κ3) is 4.60. The third-order valence-electron chi connectivity index (χ3n) is 4.00. The summed E-state index contributed by atoms with van der Waals surface area (Å²) >= 11 is 1.81. The Labute approximate surface area is 133 Å². The second kappa shape index (κ2) is 8.89. The fraction of sp³-hybridized carbons (Fsp3) is 0.474. The molecule has 2 rings (SSSR count). The molecule has 2 aromatic rings. The van der Waals surface area contributed by atoms with E-state index in [1.807, 2.05) is 17.5 Å². The second-order valence-electron chi connectivity index (χ2n) is 5.63. The Hall–Kier alpha value is -1.28. The Morgan fingerprint density at radius 1 is 1.10 bits per heavy atom. The summed E-state index contributed by atoms with van der Waals surface area (Å²) in [6.07, 6.45) is 14.8. The van der Waals surface area contributed by atoms with Crippen molar-refractivity contribution >= 4 is 17.5 Å². The first-order valence-corrected chi connectivity index (χ1v) is 9.11. The van der Waals surface area contributed by atoms with E-state index in [9.17, 15) is 0 Å². The molecular formula is C19H27NS. The van der Waals surface area contributed by atoms with Crippen molar-refractivity contribution in [1.82, 2.24) is 4.57 Å². The molecule has 0 atom stereocenters. The predicted octanol–water partition coefficient (Wildman–Crippen LogP) is 6.61. The molecule has 0 bridgehead atoms. The molecule has 0 aliphatic heterocycles. The molecule has 0 aliphatic carbocycles. The van der Waals surface area contributed by atoms with Crippen LogP contribution in [-0.4, -0.2) is 4.57 Å². The van der Waals surface area contributed by atoms with Crippen LogP contribution in [0.2, 0.25) is 0 Å². The fourth-order valence-electron chi connectivity index (χ4n) is 2.81. The van der Waals surface area contributed by atoms with E-state index < -0.39 is 0 Å². The number of thiophene rings is 1. The monoisotopic (exact) mass is 301 g/mol. The molecule has 0 radical (unpaired) electrons. The predicted molar refractivity (Wildman–Crippen MR) is 95.8 cm³/mol. The molecule has 0 aliphatic rings. The maximum absolute atomic E-state index is 3.92. The molecule has 0 saturated carbocycles. The number of hydrogen-bond acceptors (Lipinski definition) is 1. The summed E-state index contributed by atoms with van der Waals surface area (Å²) in [7, 11) is 0. The molecular weight excluding hydrogens is 274 g/mol. The molecule has 0 aromatic carbocycles. The van der Waals surface area contributed by atoms with Crippen LogP contribution in [-0.2, 0) is 6.42 Å². The normalized spacial score (nSPS) is 10.9. The number of hydrogen-bond donors (Lipinski definition) is 0.